The third kappa shape index (κ3) is 4.78. The lowest BCUT2D eigenvalue weighted by molar-refractivity contribution is 1.13. The van der Waals surface area contributed by atoms with E-state index < -0.39 is 0 Å². The van der Waals surface area contributed by atoms with Gasteiger partial charge in [0.15, 0.2) is 0 Å². The molecule has 0 amide bonds. The Morgan fingerprint density at radius 1 is 1.60 bits per heavy atom. The van der Waals surface area contributed by atoms with E-state index in [1.165, 1.54) is 12.6 Å². The Morgan fingerprint density at radius 3 is 2.20 bits per heavy atom. The van der Waals surface area contributed by atoms with Gasteiger partial charge in [0.05, 0.1) is 0 Å². The highest BCUT2D eigenvalue weighted by Crippen LogP contribution is 1.87. The van der Waals surface area contributed by atoms with Crippen molar-refractivity contribution in [2.75, 3.05) is 11.9 Å². The molecular formula is C3H9PS. The first-order valence-corrected chi connectivity index (χ1v) is 3.17. The molecule has 1 atom stereocenters. The molecule has 0 spiro atoms. The lowest BCUT2D eigenvalue weighted by Gasteiger charge is -1.78. The summed E-state index contributed by atoms with van der Waals surface area (Å²) in [5.41, 5.74) is 0. The first-order valence-electron chi connectivity index (χ1n) is 1.72. The molecule has 0 radical (unpaired) electrons. The molecule has 0 N–H and O–H groups in total. The number of hydrogen-bond acceptors (Lipinski definition) is 1. The van der Waals surface area contributed by atoms with Gasteiger partial charge in [-0.2, -0.15) is 12.6 Å². The van der Waals surface area contributed by atoms with Gasteiger partial charge in [-0.15, -0.1) is 9.24 Å². The molecule has 0 rings (SSSR count). The average molecular weight is 108 g/mol. The Hall–Kier alpha value is 0.780. The second-order valence-corrected chi connectivity index (χ2v) is 1.89. The van der Waals surface area contributed by atoms with Crippen LogP contribution in [0.5, 0.6) is 0 Å². The highest BCUT2D eigenvalue weighted by molar-refractivity contribution is 7.80. The zero-order valence-corrected chi connectivity index (χ0v) is 5.20. The molecule has 1 unspecified atom stereocenters. The van der Waals surface area contributed by atoms with E-state index in [1.54, 1.807) is 0 Å². The molecule has 0 aromatic rings. The smallest absolute Gasteiger partial charge is 0.00947 e. The molecule has 0 aromatic carbocycles. The fourth-order valence-electron chi connectivity index (χ4n) is 0.0913. The lowest BCUT2D eigenvalue weighted by atomic mass is 10.6. The second-order valence-electron chi connectivity index (χ2n) is 0.866. The third-order valence-corrected chi connectivity index (χ3v) is 1.09. The molecule has 5 heavy (non-hydrogen) atoms. The molecule has 0 fully saturated rings. The van der Waals surface area contributed by atoms with Crippen LogP contribution < -0.4 is 0 Å². The maximum Gasteiger partial charge on any atom is -0.00947 e. The normalized spacial score (nSPS) is 8.40. The van der Waals surface area contributed by atoms with Gasteiger partial charge in [-0.1, -0.05) is 0 Å². The standard InChI is InChI=1S/C3H9PS/c4-2-1-3-5/h5H,1-4H2. The van der Waals surface area contributed by atoms with E-state index in [0.29, 0.717) is 0 Å². The molecule has 0 heterocycles. The number of rotatable bonds is 2. The molecule has 0 saturated heterocycles. The second kappa shape index (κ2) is 4.78. The summed E-state index contributed by atoms with van der Waals surface area (Å²) in [5, 5.41) is 0. The summed E-state index contributed by atoms with van der Waals surface area (Å²) in [5.74, 6) is 1.02. The van der Waals surface area contributed by atoms with Gasteiger partial charge in [-0.25, -0.2) is 0 Å². The van der Waals surface area contributed by atoms with Crippen LogP contribution in [-0.4, -0.2) is 11.9 Å². The highest BCUT2D eigenvalue weighted by Gasteiger charge is 1.68. The van der Waals surface area contributed by atoms with Crippen LogP contribution in [0.4, 0.5) is 0 Å². The van der Waals surface area contributed by atoms with Crippen molar-refractivity contribution >= 4 is 21.9 Å². The summed E-state index contributed by atoms with van der Waals surface area (Å²) in [6, 6.07) is 0. The summed E-state index contributed by atoms with van der Waals surface area (Å²) in [6.07, 6.45) is 2.40. The Labute approximate surface area is 41.0 Å². The van der Waals surface area contributed by atoms with Crippen LogP contribution in [0.3, 0.4) is 0 Å². The van der Waals surface area contributed by atoms with Gasteiger partial charge in [0.1, 0.15) is 0 Å². The van der Waals surface area contributed by atoms with E-state index in [4.69, 9.17) is 0 Å². The van der Waals surface area contributed by atoms with Gasteiger partial charge >= 0.3 is 0 Å². The molecular weight excluding hydrogens is 99.1 g/mol. The molecule has 0 aliphatic carbocycles. The quantitative estimate of drug-likeness (QED) is 0.398. The Bertz CT molecular complexity index is 14.4. The Balaban J connectivity index is 2.19. The molecule has 0 aliphatic heterocycles. The summed E-state index contributed by atoms with van der Waals surface area (Å²) in [6.45, 7) is 0. The minimum absolute atomic E-state index is 1.02. The minimum Gasteiger partial charge on any atom is -0.179 e. The number of thiol groups is 1. The maximum atomic E-state index is 3.99. The topological polar surface area (TPSA) is 0 Å². The molecule has 32 valence electrons. The van der Waals surface area contributed by atoms with Gasteiger partial charge in [0, 0.05) is 0 Å². The molecule has 0 aromatic heterocycles. The highest BCUT2D eigenvalue weighted by atomic mass is 32.1. The fourth-order valence-corrected chi connectivity index (χ4v) is 0.822. The average Bonchev–Trinajstić information content (AvgIpc) is 1.41. The Morgan fingerprint density at radius 2 is 2.20 bits per heavy atom. The predicted molar refractivity (Wildman–Crippen MR) is 33.0 cm³/mol. The largest absolute Gasteiger partial charge is 0.179 e. The zero-order chi connectivity index (χ0) is 4.12. The van der Waals surface area contributed by atoms with Crippen LogP contribution in [0, 0.1) is 0 Å². The van der Waals surface area contributed by atoms with Crippen molar-refractivity contribution in [1.82, 2.24) is 0 Å². The van der Waals surface area contributed by atoms with Crippen molar-refractivity contribution in [3.63, 3.8) is 0 Å². The molecule has 0 bridgehead atoms. The van der Waals surface area contributed by atoms with Crippen LogP contribution in [0.25, 0.3) is 0 Å². The lowest BCUT2D eigenvalue weighted by Crippen LogP contribution is -1.70. The van der Waals surface area contributed by atoms with Gasteiger partial charge in [0.2, 0.25) is 0 Å². The van der Waals surface area contributed by atoms with Crippen LogP contribution in [0.15, 0.2) is 0 Å². The first kappa shape index (κ1) is 5.78. The fraction of sp³-hybridized carbons (Fsp3) is 1.00. The summed E-state index contributed by atoms with van der Waals surface area (Å²) < 4.78 is 0. The van der Waals surface area contributed by atoms with Crippen LogP contribution in [0.1, 0.15) is 6.42 Å². The molecule has 2 heteroatoms. The summed E-state index contributed by atoms with van der Waals surface area (Å²) >= 11 is 3.99. The van der Waals surface area contributed by atoms with E-state index in [2.05, 4.69) is 21.9 Å². The van der Waals surface area contributed by atoms with E-state index in [9.17, 15) is 0 Å². The molecule has 0 saturated carbocycles. The number of hydrogen-bond donors (Lipinski definition) is 1. The van der Waals surface area contributed by atoms with E-state index in [1.807, 2.05) is 0 Å². The predicted octanol–water partition coefficient (Wildman–Crippen LogP) is 1.18. The third-order valence-electron chi connectivity index (χ3n) is 0.362. The van der Waals surface area contributed by atoms with Crippen molar-refractivity contribution in [2.45, 2.75) is 6.42 Å². The molecule has 0 nitrogen and oxygen atoms in total. The van der Waals surface area contributed by atoms with Crippen LogP contribution >= 0.6 is 21.9 Å². The maximum absolute atomic E-state index is 3.99. The van der Waals surface area contributed by atoms with Crippen molar-refractivity contribution < 1.29 is 0 Å². The van der Waals surface area contributed by atoms with Crippen molar-refractivity contribution in [1.29, 1.82) is 0 Å². The van der Waals surface area contributed by atoms with Crippen molar-refractivity contribution in [3.05, 3.63) is 0 Å². The summed E-state index contributed by atoms with van der Waals surface area (Å²) in [7, 11) is 2.65. The zero-order valence-electron chi connectivity index (χ0n) is 3.15. The minimum atomic E-state index is 1.02. The van der Waals surface area contributed by atoms with Crippen LogP contribution in [0.2, 0.25) is 0 Å². The SMILES string of the molecule is PCCCS. The van der Waals surface area contributed by atoms with E-state index in [0.717, 1.165) is 5.75 Å². The van der Waals surface area contributed by atoms with Gasteiger partial charge in [-0.3, -0.25) is 0 Å². The van der Waals surface area contributed by atoms with E-state index in [-0.39, 0.29) is 0 Å². The van der Waals surface area contributed by atoms with Gasteiger partial charge in [0.25, 0.3) is 0 Å². The van der Waals surface area contributed by atoms with Crippen LogP contribution in [-0.2, 0) is 0 Å². The van der Waals surface area contributed by atoms with Crippen molar-refractivity contribution in [3.8, 4) is 0 Å². The van der Waals surface area contributed by atoms with Gasteiger partial charge < -0.3 is 0 Å². The molecule has 0 aliphatic rings. The Kier molecular flexibility index (Phi) is 5.53. The first-order chi connectivity index (χ1) is 2.41. The van der Waals surface area contributed by atoms with Crippen molar-refractivity contribution in [2.24, 2.45) is 0 Å². The van der Waals surface area contributed by atoms with Gasteiger partial charge in [-0.05, 0) is 18.3 Å². The monoisotopic (exact) mass is 108 g/mol. The summed E-state index contributed by atoms with van der Waals surface area (Å²) in [4.78, 5) is 0. The van der Waals surface area contributed by atoms with E-state index >= 15 is 0 Å².